The molecule has 5 nitrogen and oxygen atoms in total. The number of pyridine rings is 1. The highest BCUT2D eigenvalue weighted by atomic mass is 79.9. The van der Waals surface area contributed by atoms with Gasteiger partial charge in [-0.1, -0.05) is 22.0 Å². The molecule has 0 atom stereocenters. The highest BCUT2D eigenvalue weighted by Crippen LogP contribution is 2.10. The minimum atomic E-state index is -0.308. The Kier molecular flexibility index (Phi) is 7.42. The van der Waals surface area contributed by atoms with E-state index in [0.717, 1.165) is 22.9 Å². The van der Waals surface area contributed by atoms with Gasteiger partial charge < -0.3 is 10.1 Å². The van der Waals surface area contributed by atoms with E-state index in [0.29, 0.717) is 12.2 Å². The lowest BCUT2D eigenvalue weighted by molar-refractivity contribution is -0.143. The second kappa shape index (κ2) is 9.82. The Morgan fingerprint density at radius 2 is 1.96 bits per heavy atom. The summed E-state index contributed by atoms with van der Waals surface area (Å²) in [6.07, 6.45) is 5.27. The van der Waals surface area contributed by atoms with Gasteiger partial charge in [0.15, 0.2) is 0 Å². The average molecular weight is 391 g/mol. The molecule has 24 heavy (non-hydrogen) atoms. The summed E-state index contributed by atoms with van der Waals surface area (Å²) in [7, 11) is 0. The van der Waals surface area contributed by atoms with Crippen molar-refractivity contribution in [2.24, 2.45) is 0 Å². The van der Waals surface area contributed by atoms with Crippen molar-refractivity contribution in [3.05, 3.63) is 64.4 Å². The highest BCUT2D eigenvalue weighted by Gasteiger charge is 2.07. The number of aryl methyl sites for hydroxylation is 1. The standard InChI is InChI=1S/C18H19BrN2O3/c19-16-7-5-15(6-8-16)18(23)21-11-9-17(22)24-12-2-4-14-3-1-10-20-13-14/h1,3,5-8,10,13H,2,4,9,11-12H2,(H,21,23). The van der Waals surface area contributed by atoms with Gasteiger partial charge in [0.25, 0.3) is 5.91 Å². The zero-order chi connectivity index (χ0) is 17.2. The molecule has 6 heteroatoms. The van der Waals surface area contributed by atoms with Crippen molar-refractivity contribution in [3.8, 4) is 0 Å². The Balaban J connectivity index is 1.58. The number of nitrogens with zero attached hydrogens (tertiary/aromatic N) is 1. The van der Waals surface area contributed by atoms with Gasteiger partial charge in [0.1, 0.15) is 0 Å². The summed E-state index contributed by atoms with van der Waals surface area (Å²) < 4.78 is 6.06. The van der Waals surface area contributed by atoms with Crippen molar-refractivity contribution >= 4 is 27.8 Å². The van der Waals surface area contributed by atoms with Gasteiger partial charge in [-0.05, 0) is 48.7 Å². The quantitative estimate of drug-likeness (QED) is 0.555. The number of carbonyl (C=O) groups is 2. The minimum absolute atomic E-state index is 0.162. The zero-order valence-corrected chi connectivity index (χ0v) is 14.8. The molecule has 0 aliphatic carbocycles. The van der Waals surface area contributed by atoms with Crippen LogP contribution in [0.25, 0.3) is 0 Å². The molecule has 0 aliphatic rings. The van der Waals surface area contributed by atoms with Crippen LogP contribution < -0.4 is 5.32 Å². The topological polar surface area (TPSA) is 68.3 Å². The molecule has 0 radical (unpaired) electrons. The maximum Gasteiger partial charge on any atom is 0.307 e. The fraction of sp³-hybridized carbons (Fsp3) is 0.278. The molecule has 0 fully saturated rings. The fourth-order valence-electron chi connectivity index (χ4n) is 2.06. The molecular weight excluding hydrogens is 372 g/mol. The first kappa shape index (κ1) is 18.1. The van der Waals surface area contributed by atoms with Gasteiger partial charge in [0, 0.05) is 29.0 Å². The van der Waals surface area contributed by atoms with Crippen LogP contribution in [-0.2, 0) is 16.0 Å². The summed E-state index contributed by atoms with van der Waals surface area (Å²) in [5.41, 5.74) is 1.68. The van der Waals surface area contributed by atoms with E-state index in [4.69, 9.17) is 4.74 Å². The maximum absolute atomic E-state index is 11.9. The molecule has 0 spiro atoms. The molecule has 2 aromatic rings. The molecule has 0 bridgehead atoms. The minimum Gasteiger partial charge on any atom is -0.466 e. The molecule has 0 saturated heterocycles. The summed E-state index contributed by atoms with van der Waals surface area (Å²) in [6.45, 7) is 0.630. The van der Waals surface area contributed by atoms with E-state index in [1.165, 1.54) is 0 Å². The van der Waals surface area contributed by atoms with Gasteiger partial charge in [-0.15, -0.1) is 0 Å². The Morgan fingerprint density at radius 3 is 2.67 bits per heavy atom. The van der Waals surface area contributed by atoms with Crippen LogP contribution in [0, 0.1) is 0 Å². The number of esters is 1. The number of carbonyl (C=O) groups excluding carboxylic acids is 2. The number of rotatable bonds is 8. The second-order valence-electron chi connectivity index (χ2n) is 5.20. The van der Waals surface area contributed by atoms with Crippen molar-refractivity contribution < 1.29 is 14.3 Å². The van der Waals surface area contributed by atoms with Gasteiger partial charge in [-0.2, -0.15) is 0 Å². The summed E-state index contributed by atoms with van der Waals surface area (Å²) in [6, 6.07) is 10.9. The summed E-state index contributed by atoms with van der Waals surface area (Å²) >= 11 is 3.31. The first-order valence-corrected chi connectivity index (χ1v) is 8.53. The third-order valence-corrected chi connectivity index (χ3v) is 3.85. The van der Waals surface area contributed by atoms with Crippen LogP contribution in [-0.4, -0.2) is 30.0 Å². The number of halogens is 1. The van der Waals surface area contributed by atoms with Crippen LogP contribution in [0.15, 0.2) is 53.3 Å². The van der Waals surface area contributed by atoms with E-state index < -0.39 is 0 Å². The predicted molar refractivity (Wildman–Crippen MR) is 94.6 cm³/mol. The number of nitrogens with one attached hydrogen (secondary N) is 1. The monoisotopic (exact) mass is 390 g/mol. The van der Waals surface area contributed by atoms with E-state index in [2.05, 4.69) is 26.2 Å². The van der Waals surface area contributed by atoms with Crippen LogP contribution in [0.3, 0.4) is 0 Å². The predicted octanol–water partition coefficient (Wildman–Crippen LogP) is 3.14. The smallest absolute Gasteiger partial charge is 0.307 e. The number of amides is 1. The van der Waals surface area contributed by atoms with E-state index in [9.17, 15) is 9.59 Å². The Hall–Kier alpha value is -2.21. The van der Waals surface area contributed by atoms with Gasteiger partial charge >= 0.3 is 5.97 Å². The summed E-state index contributed by atoms with van der Waals surface area (Å²) in [5, 5.41) is 2.70. The van der Waals surface area contributed by atoms with Gasteiger partial charge in [0.05, 0.1) is 13.0 Å². The number of benzene rings is 1. The van der Waals surface area contributed by atoms with Gasteiger partial charge in [-0.25, -0.2) is 0 Å². The van der Waals surface area contributed by atoms with Crippen molar-refractivity contribution in [3.63, 3.8) is 0 Å². The van der Waals surface area contributed by atoms with Crippen molar-refractivity contribution in [1.82, 2.24) is 10.3 Å². The third kappa shape index (κ3) is 6.50. The molecule has 1 aromatic heterocycles. The normalized spacial score (nSPS) is 10.2. The highest BCUT2D eigenvalue weighted by molar-refractivity contribution is 9.10. The molecule has 1 aromatic carbocycles. The molecular formula is C18H19BrN2O3. The van der Waals surface area contributed by atoms with Crippen molar-refractivity contribution in [2.75, 3.05) is 13.2 Å². The van der Waals surface area contributed by atoms with Crippen LogP contribution >= 0.6 is 15.9 Å². The molecule has 0 unspecified atom stereocenters. The first-order valence-electron chi connectivity index (χ1n) is 7.73. The van der Waals surface area contributed by atoms with E-state index in [1.807, 2.05) is 12.1 Å². The maximum atomic E-state index is 11.9. The van der Waals surface area contributed by atoms with Crippen molar-refractivity contribution in [1.29, 1.82) is 0 Å². The molecule has 0 aliphatic heterocycles. The van der Waals surface area contributed by atoms with E-state index in [-0.39, 0.29) is 24.8 Å². The molecule has 126 valence electrons. The molecule has 0 saturated carbocycles. The molecule has 1 N–H and O–H groups in total. The number of aromatic nitrogens is 1. The molecule has 1 amide bonds. The summed E-state index contributed by atoms with van der Waals surface area (Å²) in [5.74, 6) is -0.510. The molecule has 2 rings (SSSR count). The lowest BCUT2D eigenvalue weighted by Gasteiger charge is -2.07. The fourth-order valence-corrected chi connectivity index (χ4v) is 2.33. The SMILES string of the molecule is O=C(CCNC(=O)c1ccc(Br)cc1)OCCCc1cccnc1. The van der Waals surface area contributed by atoms with Crippen LogP contribution in [0.1, 0.15) is 28.8 Å². The molecule has 1 heterocycles. The zero-order valence-electron chi connectivity index (χ0n) is 13.2. The lowest BCUT2D eigenvalue weighted by atomic mass is 10.2. The van der Waals surface area contributed by atoms with Gasteiger partial charge in [-0.3, -0.25) is 14.6 Å². The number of hydrogen-bond acceptors (Lipinski definition) is 4. The van der Waals surface area contributed by atoms with E-state index >= 15 is 0 Å². The van der Waals surface area contributed by atoms with Crippen LogP contribution in [0.5, 0.6) is 0 Å². The number of ether oxygens (including phenoxy) is 1. The van der Waals surface area contributed by atoms with Gasteiger partial charge in [0.2, 0.25) is 0 Å². The first-order chi connectivity index (χ1) is 11.6. The largest absolute Gasteiger partial charge is 0.466 e. The third-order valence-electron chi connectivity index (χ3n) is 3.32. The Labute approximate surface area is 149 Å². The van der Waals surface area contributed by atoms with E-state index in [1.54, 1.807) is 36.7 Å². The van der Waals surface area contributed by atoms with Crippen LogP contribution in [0.4, 0.5) is 0 Å². The Bertz CT molecular complexity index is 660. The van der Waals surface area contributed by atoms with Crippen molar-refractivity contribution in [2.45, 2.75) is 19.3 Å². The Morgan fingerprint density at radius 1 is 1.17 bits per heavy atom. The summed E-state index contributed by atoms with van der Waals surface area (Å²) in [4.78, 5) is 27.5. The number of hydrogen-bond donors (Lipinski definition) is 1. The van der Waals surface area contributed by atoms with Crippen LogP contribution in [0.2, 0.25) is 0 Å². The lowest BCUT2D eigenvalue weighted by Crippen LogP contribution is -2.26. The average Bonchev–Trinajstić information content (AvgIpc) is 2.60. The second-order valence-corrected chi connectivity index (χ2v) is 6.11.